The van der Waals surface area contributed by atoms with Crippen molar-refractivity contribution in [2.45, 2.75) is 37.1 Å². The molecule has 5 heteroatoms. The molecule has 0 bridgehead atoms. The van der Waals surface area contributed by atoms with Crippen molar-refractivity contribution in [3.63, 3.8) is 0 Å². The summed E-state index contributed by atoms with van der Waals surface area (Å²) >= 11 is 5.43. The van der Waals surface area contributed by atoms with Gasteiger partial charge in [-0.25, -0.2) is 0 Å². The summed E-state index contributed by atoms with van der Waals surface area (Å²) in [5.41, 5.74) is 1.25. The van der Waals surface area contributed by atoms with Crippen LogP contribution >= 0.6 is 27.7 Å². The third-order valence-corrected chi connectivity index (χ3v) is 5.28. The molecule has 0 aromatic heterocycles. The highest BCUT2D eigenvalue weighted by Crippen LogP contribution is 2.27. The number of guanidine groups is 1. The molecule has 110 valence electrons. The molecule has 1 aliphatic carbocycles. The van der Waals surface area contributed by atoms with E-state index < -0.39 is 0 Å². The van der Waals surface area contributed by atoms with Gasteiger partial charge in [-0.1, -0.05) is 28.1 Å². The molecule has 1 fully saturated rings. The molecule has 1 saturated carbocycles. The highest BCUT2D eigenvalue weighted by atomic mass is 79.9. The van der Waals surface area contributed by atoms with Gasteiger partial charge in [0.1, 0.15) is 0 Å². The van der Waals surface area contributed by atoms with Crippen molar-refractivity contribution in [3.05, 3.63) is 34.3 Å². The van der Waals surface area contributed by atoms with E-state index in [0.29, 0.717) is 6.04 Å². The molecule has 1 aliphatic rings. The summed E-state index contributed by atoms with van der Waals surface area (Å²) < 4.78 is 1.11. The Morgan fingerprint density at radius 1 is 1.35 bits per heavy atom. The standard InChI is InChI=1S/C15H22BrN3S/c1-17-15(19-13-7-8-14(9-13)20-2)18-10-11-3-5-12(16)6-4-11/h3-6,13-14H,7-10H2,1-2H3,(H2,17,18,19). The minimum Gasteiger partial charge on any atom is -0.354 e. The summed E-state index contributed by atoms with van der Waals surface area (Å²) in [5.74, 6) is 0.902. The first-order valence-electron chi connectivity index (χ1n) is 6.95. The summed E-state index contributed by atoms with van der Waals surface area (Å²) in [4.78, 5) is 4.31. The quantitative estimate of drug-likeness (QED) is 0.641. The van der Waals surface area contributed by atoms with Gasteiger partial charge in [-0.15, -0.1) is 0 Å². The normalized spacial score (nSPS) is 22.9. The Balaban J connectivity index is 1.80. The van der Waals surface area contributed by atoms with Gasteiger partial charge in [-0.2, -0.15) is 11.8 Å². The van der Waals surface area contributed by atoms with E-state index in [1.54, 1.807) is 0 Å². The van der Waals surface area contributed by atoms with Crippen LogP contribution in [0.25, 0.3) is 0 Å². The lowest BCUT2D eigenvalue weighted by molar-refractivity contribution is 0.614. The molecule has 1 aromatic carbocycles. The van der Waals surface area contributed by atoms with Gasteiger partial charge in [0, 0.05) is 29.4 Å². The smallest absolute Gasteiger partial charge is 0.191 e. The number of hydrogen-bond donors (Lipinski definition) is 2. The van der Waals surface area contributed by atoms with E-state index >= 15 is 0 Å². The van der Waals surface area contributed by atoms with Crippen LogP contribution in [0.2, 0.25) is 0 Å². The minimum atomic E-state index is 0.559. The van der Waals surface area contributed by atoms with Crippen LogP contribution in [0.15, 0.2) is 33.7 Å². The second-order valence-corrected chi connectivity index (χ2v) is 7.12. The number of halogens is 1. The highest BCUT2D eigenvalue weighted by molar-refractivity contribution is 9.10. The number of benzene rings is 1. The van der Waals surface area contributed by atoms with Crippen molar-refractivity contribution in [2.24, 2.45) is 4.99 Å². The molecule has 0 saturated heterocycles. The molecule has 2 rings (SSSR count). The van der Waals surface area contributed by atoms with Crippen LogP contribution in [-0.2, 0) is 6.54 Å². The average molecular weight is 356 g/mol. The molecule has 2 atom stereocenters. The van der Waals surface area contributed by atoms with Gasteiger partial charge in [0.15, 0.2) is 5.96 Å². The lowest BCUT2D eigenvalue weighted by Crippen LogP contribution is -2.42. The van der Waals surface area contributed by atoms with E-state index in [0.717, 1.165) is 22.2 Å². The van der Waals surface area contributed by atoms with Crippen LogP contribution in [-0.4, -0.2) is 30.6 Å². The summed E-state index contributed by atoms with van der Waals surface area (Å²) in [5, 5.41) is 7.71. The van der Waals surface area contributed by atoms with Crippen molar-refractivity contribution in [2.75, 3.05) is 13.3 Å². The zero-order chi connectivity index (χ0) is 14.4. The van der Waals surface area contributed by atoms with E-state index in [1.165, 1.54) is 24.8 Å². The first-order valence-corrected chi connectivity index (χ1v) is 9.03. The van der Waals surface area contributed by atoms with Crippen LogP contribution in [0.1, 0.15) is 24.8 Å². The van der Waals surface area contributed by atoms with Gasteiger partial charge < -0.3 is 10.6 Å². The SMILES string of the molecule is CN=C(NCc1ccc(Br)cc1)NC1CCC(SC)C1. The molecule has 3 nitrogen and oxygen atoms in total. The fraction of sp³-hybridized carbons (Fsp3) is 0.533. The van der Waals surface area contributed by atoms with Gasteiger partial charge in [0.2, 0.25) is 0 Å². The monoisotopic (exact) mass is 355 g/mol. The van der Waals surface area contributed by atoms with Crippen LogP contribution < -0.4 is 10.6 Å². The van der Waals surface area contributed by atoms with Crippen molar-refractivity contribution in [3.8, 4) is 0 Å². The van der Waals surface area contributed by atoms with E-state index in [-0.39, 0.29) is 0 Å². The van der Waals surface area contributed by atoms with Crippen molar-refractivity contribution < 1.29 is 0 Å². The number of aliphatic imine (C=N–C) groups is 1. The molecule has 0 heterocycles. The second-order valence-electron chi connectivity index (χ2n) is 5.06. The Kier molecular flexibility index (Phi) is 6.23. The molecule has 2 N–H and O–H groups in total. The maximum absolute atomic E-state index is 4.31. The van der Waals surface area contributed by atoms with E-state index in [1.807, 2.05) is 18.8 Å². The molecular formula is C15H22BrN3S. The molecule has 0 aliphatic heterocycles. The average Bonchev–Trinajstić information content (AvgIpc) is 2.93. The van der Waals surface area contributed by atoms with Gasteiger partial charge in [0.25, 0.3) is 0 Å². The van der Waals surface area contributed by atoms with Crippen LogP contribution in [0.5, 0.6) is 0 Å². The van der Waals surface area contributed by atoms with E-state index in [2.05, 4.69) is 62.1 Å². The lowest BCUT2D eigenvalue weighted by atomic mass is 10.2. The fourth-order valence-electron chi connectivity index (χ4n) is 2.46. The largest absolute Gasteiger partial charge is 0.354 e. The lowest BCUT2D eigenvalue weighted by Gasteiger charge is -2.17. The summed E-state index contributed by atoms with van der Waals surface area (Å²) in [6.45, 7) is 0.797. The topological polar surface area (TPSA) is 36.4 Å². The first kappa shape index (κ1) is 15.7. The third kappa shape index (κ3) is 4.70. The Bertz CT molecular complexity index is 447. The van der Waals surface area contributed by atoms with Crippen molar-refractivity contribution in [1.82, 2.24) is 10.6 Å². The van der Waals surface area contributed by atoms with E-state index in [4.69, 9.17) is 0 Å². The zero-order valence-corrected chi connectivity index (χ0v) is 14.4. The molecule has 0 amide bonds. The van der Waals surface area contributed by atoms with Gasteiger partial charge in [-0.3, -0.25) is 4.99 Å². The van der Waals surface area contributed by atoms with Crippen LogP contribution in [0.4, 0.5) is 0 Å². The van der Waals surface area contributed by atoms with Gasteiger partial charge in [-0.05, 0) is 43.2 Å². The number of nitrogens with zero attached hydrogens (tertiary/aromatic N) is 1. The van der Waals surface area contributed by atoms with Gasteiger partial charge in [0.05, 0.1) is 0 Å². The Morgan fingerprint density at radius 3 is 2.70 bits per heavy atom. The number of nitrogens with one attached hydrogen (secondary N) is 2. The third-order valence-electron chi connectivity index (χ3n) is 3.66. The Hall–Kier alpha value is -0.680. The Labute approximate surface area is 134 Å². The fourth-order valence-corrected chi connectivity index (χ4v) is 3.52. The van der Waals surface area contributed by atoms with Crippen molar-refractivity contribution in [1.29, 1.82) is 0 Å². The van der Waals surface area contributed by atoms with E-state index in [9.17, 15) is 0 Å². The number of hydrogen-bond acceptors (Lipinski definition) is 2. The molecule has 2 unspecified atom stereocenters. The molecule has 0 spiro atoms. The Morgan fingerprint density at radius 2 is 2.10 bits per heavy atom. The van der Waals surface area contributed by atoms with Crippen LogP contribution in [0.3, 0.4) is 0 Å². The summed E-state index contributed by atoms with van der Waals surface area (Å²) in [7, 11) is 1.83. The first-order chi connectivity index (χ1) is 9.71. The summed E-state index contributed by atoms with van der Waals surface area (Å²) in [6.07, 6.45) is 5.99. The van der Waals surface area contributed by atoms with Crippen molar-refractivity contribution >= 4 is 33.7 Å². The van der Waals surface area contributed by atoms with Gasteiger partial charge >= 0.3 is 0 Å². The summed E-state index contributed by atoms with van der Waals surface area (Å²) in [6, 6.07) is 8.91. The molecular weight excluding hydrogens is 334 g/mol. The minimum absolute atomic E-state index is 0.559. The maximum Gasteiger partial charge on any atom is 0.191 e. The number of thioether (sulfide) groups is 1. The molecule has 20 heavy (non-hydrogen) atoms. The predicted octanol–water partition coefficient (Wildman–Crippen LogP) is 3.40. The molecule has 1 aromatic rings. The molecule has 0 radical (unpaired) electrons. The van der Waals surface area contributed by atoms with Crippen LogP contribution in [0, 0.1) is 0 Å². The maximum atomic E-state index is 4.31. The second kappa shape index (κ2) is 7.93. The highest BCUT2D eigenvalue weighted by Gasteiger charge is 2.24. The predicted molar refractivity (Wildman–Crippen MR) is 92.4 cm³/mol. The zero-order valence-electron chi connectivity index (χ0n) is 12.0. The number of rotatable bonds is 4.